The Balaban J connectivity index is 2.22. The average Bonchev–Trinajstić information content (AvgIpc) is 2.31. The van der Waals surface area contributed by atoms with E-state index in [1.807, 2.05) is 6.07 Å². The number of benzene rings is 1. The van der Waals surface area contributed by atoms with E-state index in [4.69, 9.17) is 5.26 Å². The van der Waals surface area contributed by atoms with Gasteiger partial charge in [-0.15, -0.1) is 5.10 Å². The van der Waals surface area contributed by atoms with Gasteiger partial charge in [0.2, 0.25) is 5.95 Å². The van der Waals surface area contributed by atoms with Gasteiger partial charge in [-0.05, 0) is 18.2 Å². The van der Waals surface area contributed by atoms with Gasteiger partial charge in [0.25, 0.3) is 0 Å². The number of nitrogens with zero attached hydrogens (tertiary/aromatic N) is 4. The molecule has 2 aromatic rings. The summed E-state index contributed by atoms with van der Waals surface area (Å²) in [5, 5.41) is 19.1. The monoisotopic (exact) mass is 197 g/mol. The summed E-state index contributed by atoms with van der Waals surface area (Å²) in [5.74, 6) is 0.410. The molecule has 72 valence electrons. The first kappa shape index (κ1) is 9.09. The Morgan fingerprint density at radius 2 is 2.20 bits per heavy atom. The molecule has 0 bridgehead atoms. The van der Waals surface area contributed by atoms with Gasteiger partial charge in [-0.25, -0.2) is 4.98 Å². The Bertz CT molecular complexity index is 489. The third-order valence-electron chi connectivity index (χ3n) is 1.73. The quantitative estimate of drug-likeness (QED) is 0.789. The van der Waals surface area contributed by atoms with E-state index in [9.17, 15) is 0 Å². The number of anilines is 2. The molecule has 0 radical (unpaired) electrons. The Labute approximate surface area is 86.4 Å². The van der Waals surface area contributed by atoms with Crippen LogP contribution in [0.1, 0.15) is 5.56 Å². The van der Waals surface area contributed by atoms with E-state index in [0.717, 1.165) is 5.69 Å². The maximum absolute atomic E-state index is 8.71. The van der Waals surface area contributed by atoms with Crippen molar-refractivity contribution in [1.82, 2.24) is 15.2 Å². The molecule has 5 heteroatoms. The summed E-state index contributed by atoms with van der Waals surface area (Å²) in [6.45, 7) is 0. The first-order chi connectivity index (χ1) is 7.38. The van der Waals surface area contributed by atoms with Gasteiger partial charge in [0, 0.05) is 5.69 Å². The molecular weight excluding hydrogens is 190 g/mol. The normalized spacial score (nSPS) is 9.27. The van der Waals surface area contributed by atoms with Gasteiger partial charge in [0.05, 0.1) is 24.0 Å². The highest BCUT2D eigenvalue weighted by molar-refractivity contribution is 5.55. The number of nitrogens with one attached hydrogen (secondary N) is 1. The molecule has 1 aromatic carbocycles. The van der Waals surface area contributed by atoms with E-state index < -0.39 is 0 Å². The van der Waals surface area contributed by atoms with Crippen LogP contribution >= 0.6 is 0 Å². The number of rotatable bonds is 2. The van der Waals surface area contributed by atoms with Crippen LogP contribution in [0.4, 0.5) is 11.6 Å². The second-order valence-electron chi connectivity index (χ2n) is 2.78. The number of hydrogen-bond acceptors (Lipinski definition) is 5. The maximum atomic E-state index is 8.71. The second-order valence-corrected chi connectivity index (χ2v) is 2.78. The van der Waals surface area contributed by atoms with Crippen molar-refractivity contribution in [1.29, 1.82) is 5.26 Å². The van der Waals surface area contributed by atoms with Crippen LogP contribution in [0.15, 0.2) is 36.7 Å². The zero-order valence-electron chi connectivity index (χ0n) is 7.75. The molecule has 1 N–H and O–H groups in total. The molecule has 0 saturated carbocycles. The maximum Gasteiger partial charge on any atom is 0.247 e. The molecule has 0 fully saturated rings. The summed E-state index contributed by atoms with van der Waals surface area (Å²) < 4.78 is 0. The zero-order chi connectivity index (χ0) is 10.5. The van der Waals surface area contributed by atoms with E-state index in [2.05, 4.69) is 26.6 Å². The van der Waals surface area contributed by atoms with Gasteiger partial charge < -0.3 is 5.32 Å². The smallest absolute Gasteiger partial charge is 0.247 e. The van der Waals surface area contributed by atoms with Crippen molar-refractivity contribution in [2.45, 2.75) is 0 Å². The standard InChI is InChI=1S/C10H7N5/c11-7-8-2-1-3-9(6-8)14-10-12-4-5-13-15-10/h1-6H,(H,12,14,15). The predicted octanol–water partition coefficient (Wildman–Crippen LogP) is 1.49. The largest absolute Gasteiger partial charge is 0.323 e. The number of hydrogen-bond donors (Lipinski definition) is 1. The Morgan fingerprint density at radius 3 is 2.93 bits per heavy atom. The minimum Gasteiger partial charge on any atom is -0.323 e. The van der Waals surface area contributed by atoms with Crippen molar-refractivity contribution in [3.8, 4) is 6.07 Å². The van der Waals surface area contributed by atoms with Crippen molar-refractivity contribution in [3.63, 3.8) is 0 Å². The fourth-order valence-electron chi connectivity index (χ4n) is 1.10. The molecule has 5 nitrogen and oxygen atoms in total. The lowest BCUT2D eigenvalue weighted by Gasteiger charge is -2.02. The molecule has 1 heterocycles. The zero-order valence-corrected chi connectivity index (χ0v) is 7.75. The molecule has 0 unspecified atom stereocenters. The lowest BCUT2D eigenvalue weighted by molar-refractivity contribution is 0.978. The molecule has 0 aliphatic carbocycles. The molecule has 2 rings (SSSR count). The summed E-state index contributed by atoms with van der Waals surface area (Å²) in [7, 11) is 0. The highest BCUT2D eigenvalue weighted by Gasteiger charge is 1.97. The molecular formula is C10H7N5. The van der Waals surface area contributed by atoms with Crippen LogP contribution in [0, 0.1) is 11.3 Å². The predicted molar refractivity (Wildman–Crippen MR) is 54.3 cm³/mol. The van der Waals surface area contributed by atoms with Crippen LogP contribution in [0.25, 0.3) is 0 Å². The van der Waals surface area contributed by atoms with Gasteiger partial charge in [-0.1, -0.05) is 6.07 Å². The number of nitriles is 1. The van der Waals surface area contributed by atoms with Crippen LogP contribution in [0.2, 0.25) is 0 Å². The van der Waals surface area contributed by atoms with Crippen molar-refractivity contribution in [3.05, 3.63) is 42.2 Å². The summed E-state index contributed by atoms with van der Waals surface area (Å²) in [6.07, 6.45) is 3.04. The van der Waals surface area contributed by atoms with Gasteiger partial charge >= 0.3 is 0 Å². The third kappa shape index (κ3) is 2.25. The summed E-state index contributed by atoms with van der Waals surface area (Å²) in [5.41, 5.74) is 1.35. The highest BCUT2D eigenvalue weighted by Crippen LogP contribution is 2.12. The fraction of sp³-hybridized carbons (Fsp3) is 0. The van der Waals surface area contributed by atoms with E-state index in [0.29, 0.717) is 11.5 Å². The lowest BCUT2D eigenvalue weighted by atomic mass is 10.2. The van der Waals surface area contributed by atoms with Crippen molar-refractivity contribution < 1.29 is 0 Å². The Kier molecular flexibility index (Phi) is 2.52. The first-order valence-corrected chi connectivity index (χ1v) is 4.29. The molecule has 0 aliphatic heterocycles. The minimum absolute atomic E-state index is 0.410. The van der Waals surface area contributed by atoms with Gasteiger partial charge in [0.1, 0.15) is 0 Å². The van der Waals surface area contributed by atoms with Crippen LogP contribution in [0.3, 0.4) is 0 Å². The molecule has 0 spiro atoms. The third-order valence-corrected chi connectivity index (χ3v) is 1.73. The summed E-state index contributed by atoms with van der Waals surface area (Å²) in [4.78, 5) is 3.96. The molecule has 0 amide bonds. The van der Waals surface area contributed by atoms with Crippen LogP contribution < -0.4 is 5.32 Å². The van der Waals surface area contributed by atoms with E-state index in [1.165, 1.54) is 6.20 Å². The van der Waals surface area contributed by atoms with Crippen LogP contribution in [0.5, 0.6) is 0 Å². The highest BCUT2D eigenvalue weighted by atomic mass is 15.2. The average molecular weight is 197 g/mol. The fourth-order valence-corrected chi connectivity index (χ4v) is 1.10. The van der Waals surface area contributed by atoms with E-state index in [1.54, 1.807) is 24.4 Å². The topological polar surface area (TPSA) is 74.5 Å². The van der Waals surface area contributed by atoms with E-state index in [-0.39, 0.29) is 0 Å². The van der Waals surface area contributed by atoms with Gasteiger partial charge in [-0.3, -0.25) is 0 Å². The Morgan fingerprint density at radius 1 is 1.27 bits per heavy atom. The molecule has 15 heavy (non-hydrogen) atoms. The van der Waals surface area contributed by atoms with Crippen LogP contribution in [-0.2, 0) is 0 Å². The molecule has 0 atom stereocenters. The van der Waals surface area contributed by atoms with Crippen molar-refractivity contribution in [2.75, 3.05) is 5.32 Å². The molecule has 0 aliphatic rings. The van der Waals surface area contributed by atoms with Crippen molar-refractivity contribution >= 4 is 11.6 Å². The summed E-state index contributed by atoms with van der Waals surface area (Å²) in [6, 6.07) is 9.13. The molecule has 1 aromatic heterocycles. The van der Waals surface area contributed by atoms with E-state index >= 15 is 0 Å². The Hall–Kier alpha value is -2.48. The minimum atomic E-state index is 0.410. The van der Waals surface area contributed by atoms with Gasteiger partial charge in [0.15, 0.2) is 0 Å². The van der Waals surface area contributed by atoms with Gasteiger partial charge in [-0.2, -0.15) is 10.4 Å². The van der Waals surface area contributed by atoms with Crippen molar-refractivity contribution in [2.24, 2.45) is 0 Å². The first-order valence-electron chi connectivity index (χ1n) is 4.29. The lowest BCUT2D eigenvalue weighted by Crippen LogP contribution is -1.97. The SMILES string of the molecule is N#Cc1cccc(Nc2nccnn2)c1. The number of aromatic nitrogens is 3. The molecule has 0 saturated heterocycles. The van der Waals surface area contributed by atoms with Crippen LogP contribution in [-0.4, -0.2) is 15.2 Å². The second kappa shape index (κ2) is 4.15. The summed E-state index contributed by atoms with van der Waals surface area (Å²) >= 11 is 0.